The van der Waals surface area contributed by atoms with E-state index in [-0.39, 0.29) is 5.17 Å². The van der Waals surface area contributed by atoms with E-state index in [1.807, 2.05) is 67.7 Å². The third-order valence-corrected chi connectivity index (χ3v) is 2.58. The first kappa shape index (κ1) is 15.1. The molecule has 0 bridgehead atoms. The molecule has 2 aromatic carbocycles. The number of rotatable bonds is 3. The lowest BCUT2D eigenvalue weighted by Gasteiger charge is -2.01. The lowest BCUT2D eigenvalue weighted by atomic mass is 10.1. The van der Waals surface area contributed by atoms with Gasteiger partial charge in [-0.1, -0.05) is 65.3 Å². The number of anilines is 1. The highest BCUT2D eigenvalue weighted by molar-refractivity contribution is 6.65. The summed E-state index contributed by atoms with van der Waals surface area (Å²) in [5.74, 6) is 0. The van der Waals surface area contributed by atoms with Crippen molar-refractivity contribution in [1.82, 2.24) is 0 Å². The van der Waals surface area contributed by atoms with Gasteiger partial charge in [0.1, 0.15) is 5.17 Å². The van der Waals surface area contributed by atoms with Crippen LogP contribution in [0.3, 0.4) is 0 Å². The maximum atomic E-state index is 8.34. The zero-order valence-electron chi connectivity index (χ0n) is 10.8. The lowest BCUT2D eigenvalue weighted by molar-refractivity contribution is 0.319. The van der Waals surface area contributed by atoms with Crippen LogP contribution in [0.1, 0.15) is 5.56 Å². The van der Waals surface area contributed by atoms with Crippen molar-refractivity contribution in [2.24, 2.45) is 5.16 Å². The van der Waals surface area contributed by atoms with Crippen LogP contribution in [0.25, 0.3) is 0 Å². The molecule has 0 aliphatic rings. The van der Waals surface area contributed by atoms with Crippen LogP contribution in [0.4, 0.5) is 5.69 Å². The van der Waals surface area contributed by atoms with E-state index in [4.69, 9.17) is 16.8 Å². The number of nitrogens with one attached hydrogen (secondary N) is 1. The Bertz CT molecular complexity index is 457. The summed E-state index contributed by atoms with van der Waals surface area (Å²) in [5, 5.41) is 14.4. The summed E-state index contributed by atoms with van der Waals surface area (Å²) in [6.07, 6.45) is 0.460. The molecule has 0 radical (unpaired) electrons. The third kappa shape index (κ3) is 6.48. The fourth-order valence-electron chi connectivity index (χ4n) is 1.38. The average molecular weight is 277 g/mol. The smallest absolute Gasteiger partial charge is 0.149 e. The second kappa shape index (κ2) is 9.00. The largest absolute Gasteiger partial charge is 0.410 e. The van der Waals surface area contributed by atoms with Gasteiger partial charge in [0.2, 0.25) is 0 Å². The molecule has 0 atom stereocenters. The van der Waals surface area contributed by atoms with Crippen molar-refractivity contribution >= 4 is 22.5 Å². The van der Waals surface area contributed by atoms with E-state index in [0.29, 0.717) is 6.42 Å². The molecule has 0 spiro atoms. The van der Waals surface area contributed by atoms with E-state index in [2.05, 4.69) is 10.5 Å². The van der Waals surface area contributed by atoms with Crippen LogP contribution >= 0.6 is 11.6 Å². The van der Waals surface area contributed by atoms with Crippen LogP contribution < -0.4 is 5.32 Å². The molecule has 0 aliphatic heterocycles. The van der Waals surface area contributed by atoms with Crippen LogP contribution in [0.5, 0.6) is 0 Å². The van der Waals surface area contributed by atoms with Crippen LogP contribution in [0, 0.1) is 0 Å². The minimum absolute atomic E-state index is 0.192. The van der Waals surface area contributed by atoms with Crippen molar-refractivity contribution in [1.29, 1.82) is 0 Å². The summed E-state index contributed by atoms with van der Waals surface area (Å²) in [7, 11) is 1.86. The Labute approximate surface area is 118 Å². The van der Waals surface area contributed by atoms with E-state index < -0.39 is 0 Å². The molecule has 0 fully saturated rings. The molecule has 0 aliphatic carbocycles. The molecule has 4 heteroatoms. The first-order valence-electron chi connectivity index (χ1n) is 5.89. The van der Waals surface area contributed by atoms with Gasteiger partial charge in [-0.2, -0.15) is 0 Å². The third-order valence-electron chi connectivity index (χ3n) is 2.37. The van der Waals surface area contributed by atoms with E-state index in [1.165, 1.54) is 0 Å². The van der Waals surface area contributed by atoms with Gasteiger partial charge in [-0.15, -0.1) is 0 Å². The number of hydrogen-bond donors (Lipinski definition) is 2. The summed E-state index contributed by atoms with van der Waals surface area (Å²) in [6.45, 7) is 0. The minimum atomic E-state index is 0.192. The number of oxime groups is 1. The number of nitrogens with zero attached hydrogens (tertiary/aromatic N) is 1. The summed E-state index contributed by atoms with van der Waals surface area (Å²) in [6, 6.07) is 19.7. The average Bonchev–Trinajstić information content (AvgIpc) is 2.50. The highest BCUT2D eigenvalue weighted by Gasteiger charge is 1.97. The van der Waals surface area contributed by atoms with E-state index in [1.54, 1.807) is 0 Å². The van der Waals surface area contributed by atoms with Crippen molar-refractivity contribution in [3.63, 3.8) is 0 Å². The van der Waals surface area contributed by atoms with Gasteiger partial charge in [-0.3, -0.25) is 0 Å². The van der Waals surface area contributed by atoms with Crippen molar-refractivity contribution < 1.29 is 5.21 Å². The van der Waals surface area contributed by atoms with E-state index >= 15 is 0 Å². The molecular weight excluding hydrogens is 260 g/mol. The second-order valence-electron chi connectivity index (χ2n) is 3.75. The molecule has 3 nitrogen and oxygen atoms in total. The summed E-state index contributed by atoms with van der Waals surface area (Å²) >= 11 is 5.56. The monoisotopic (exact) mass is 276 g/mol. The number of hydrogen-bond acceptors (Lipinski definition) is 3. The van der Waals surface area contributed by atoms with Crippen LogP contribution in [0.2, 0.25) is 0 Å². The summed E-state index contributed by atoms with van der Waals surface area (Å²) < 4.78 is 0. The van der Waals surface area contributed by atoms with Gasteiger partial charge in [-0.25, -0.2) is 0 Å². The Balaban J connectivity index is 0.000000250. The number of halogens is 1. The quantitative estimate of drug-likeness (QED) is 0.506. The Morgan fingerprint density at radius 1 is 1.05 bits per heavy atom. The predicted molar refractivity (Wildman–Crippen MR) is 81.2 cm³/mol. The fraction of sp³-hybridized carbons (Fsp3) is 0.133. The zero-order valence-corrected chi connectivity index (χ0v) is 11.5. The Morgan fingerprint density at radius 2 is 1.53 bits per heavy atom. The van der Waals surface area contributed by atoms with Crippen LogP contribution in [-0.4, -0.2) is 17.4 Å². The summed E-state index contributed by atoms with van der Waals surface area (Å²) in [5.41, 5.74) is 2.06. The van der Waals surface area contributed by atoms with Crippen molar-refractivity contribution in [3.05, 3.63) is 66.2 Å². The van der Waals surface area contributed by atoms with Crippen molar-refractivity contribution in [2.45, 2.75) is 6.42 Å². The molecule has 0 amide bonds. The van der Waals surface area contributed by atoms with E-state index in [9.17, 15) is 0 Å². The zero-order chi connectivity index (χ0) is 13.9. The van der Waals surface area contributed by atoms with Crippen molar-refractivity contribution in [3.8, 4) is 0 Å². The Kier molecular flexibility index (Phi) is 7.13. The topological polar surface area (TPSA) is 44.6 Å². The highest BCUT2D eigenvalue weighted by Crippen LogP contribution is 2.10. The van der Waals surface area contributed by atoms with Crippen LogP contribution in [-0.2, 0) is 6.42 Å². The first-order chi connectivity index (χ1) is 9.26. The predicted octanol–water partition coefficient (Wildman–Crippen LogP) is 3.98. The Morgan fingerprint density at radius 3 is 1.89 bits per heavy atom. The van der Waals surface area contributed by atoms with Gasteiger partial charge in [0.15, 0.2) is 0 Å². The van der Waals surface area contributed by atoms with Gasteiger partial charge < -0.3 is 10.5 Å². The second-order valence-corrected chi connectivity index (χ2v) is 4.19. The SMILES string of the molecule is CNc1ccc(C/C(Cl)=N/O)cc1.c1ccccc1. The maximum Gasteiger partial charge on any atom is 0.149 e. The molecule has 0 heterocycles. The van der Waals surface area contributed by atoms with Gasteiger partial charge >= 0.3 is 0 Å². The highest BCUT2D eigenvalue weighted by atomic mass is 35.5. The summed E-state index contributed by atoms with van der Waals surface area (Å²) in [4.78, 5) is 0. The molecule has 19 heavy (non-hydrogen) atoms. The maximum absolute atomic E-state index is 8.34. The molecule has 0 aromatic heterocycles. The number of benzene rings is 2. The molecule has 2 rings (SSSR count). The molecule has 100 valence electrons. The van der Waals surface area contributed by atoms with Crippen LogP contribution in [0.15, 0.2) is 65.8 Å². The molecule has 0 saturated carbocycles. The molecule has 2 N–H and O–H groups in total. The van der Waals surface area contributed by atoms with Crippen molar-refractivity contribution in [2.75, 3.05) is 12.4 Å². The van der Waals surface area contributed by atoms with Gasteiger partial charge in [0.05, 0.1) is 0 Å². The van der Waals surface area contributed by atoms with E-state index in [0.717, 1.165) is 11.3 Å². The Hall–Kier alpha value is -2.00. The molecule has 0 unspecified atom stereocenters. The van der Waals surface area contributed by atoms with Gasteiger partial charge in [-0.05, 0) is 17.7 Å². The normalized spacial score (nSPS) is 10.3. The molecular formula is C15H17ClN2O. The van der Waals surface area contributed by atoms with Gasteiger partial charge in [0, 0.05) is 19.2 Å². The fourth-order valence-corrected chi connectivity index (χ4v) is 1.53. The molecule has 0 saturated heterocycles. The first-order valence-corrected chi connectivity index (χ1v) is 6.27. The standard InChI is InChI=1S/C9H11ClN2O.C6H6/c1-11-8-4-2-7(3-5-8)6-9(10)12-13;1-2-4-6-5-3-1/h2-5,11,13H,6H2,1H3;1-6H/b12-9-;. The molecule has 2 aromatic rings. The lowest BCUT2D eigenvalue weighted by Crippen LogP contribution is -1.95. The minimum Gasteiger partial charge on any atom is -0.410 e. The van der Waals surface area contributed by atoms with Gasteiger partial charge in [0.25, 0.3) is 0 Å².